The highest BCUT2D eigenvalue weighted by molar-refractivity contribution is 6.34. The summed E-state index contributed by atoms with van der Waals surface area (Å²) in [6.45, 7) is 11.6. The van der Waals surface area contributed by atoms with Crippen molar-refractivity contribution >= 4 is 34.4 Å². The van der Waals surface area contributed by atoms with E-state index >= 15 is 8.78 Å². The molecular weight excluding hydrogens is 540 g/mol. The zero-order valence-corrected chi connectivity index (χ0v) is 24.3. The largest absolute Gasteiger partial charge is 0.496 e. The predicted octanol–water partition coefficient (Wildman–Crippen LogP) is 5.76. The van der Waals surface area contributed by atoms with Crippen LogP contribution in [0.1, 0.15) is 46.4 Å². The van der Waals surface area contributed by atoms with Gasteiger partial charge in [0.25, 0.3) is 0 Å². The SMILES string of the molecule is COc1cccc(F)c1-c1c(Cl)cc2c(N3C[C@@H](C)N(C(=O)OC(C)(C)C)C[C@@H]3C)nc(C3CNC3)nc2c1F. The number of fused-ring (bicyclic) bond motifs is 1. The number of piperazine rings is 1. The van der Waals surface area contributed by atoms with Gasteiger partial charge in [-0.2, -0.15) is 0 Å². The van der Waals surface area contributed by atoms with Gasteiger partial charge in [0, 0.05) is 55.1 Å². The first kappa shape index (κ1) is 28.3. The van der Waals surface area contributed by atoms with E-state index in [-0.39, 0.29) is 51.5 Å². The number of nitrogens with one attached hydrogen (secondary N) is 1. The molecule has 0 spiro atoms. The third-order valence-corrected chi connectivity index (χ3v) is 7.66. The van der Waals surface area contributed by atoms with Crippen LogP contribution in [-0.4, -0.2) is 71.9 Å². The summed E-state index contributed by atoms with van der Waals surface area (Å²) < 4.78 is 42.4. The van der Waals surface area contributed by atoms with Crippen molar-refractivity contribution in [2.45, 2.75) is 58.2 Å². The Balaban J connectivity index is 1.63. The molecule has 1 aromatic heterocycles. The van der Waals surface area contributed by atoms with E-state index in [0.29, 0.717) is 43.2 Å². The van der Waals surface area contributed by atoms with E-state index in [4.69, 9.17) is 26.1 Å². The average Bonchev–Trinajstić information content (AvgIpc) is 2.84. The van der Waals surface area contributed by atoms with Crippen LogP contribution >= 0.6 is 11.6 Å². The normalized spacial score (nSPS) is 20.0. The van der Waals surface area contributed by atoms with Crippen LogP contribution in [0.5, 0.6) is 5.75 Å². The topological polar surface area (TPSA) is 79.8 Å². The van der Waals surface area contributed by atoms with Gasteiger partial charge >= 0.3 is 6.09 Å². The Morgan fingerprint density at radius 1 is 1.10 bits per heavy atom. The number of methoxy groups -OCH3 is 1. The van der Waals surface area contributed by atoms with Gasteiger partial charge in [-0.05, 0) is 52.8 Å². The molecule has 11 heteroatoms. The summed E-state index contributed by atoms with van der Waals surface area (Å²) in [4.78, 5) is 26.2. The summed E-state index contributed by atoms with van der Waals surface area (Å²) in [6, 6.07) is 5.52. The smallest absolute Gasteiger partial charge is 0.410 e. The van der Waals surface area contributed by atoms with Crippen LogP contribution in [0.2, 0.25) is 5.02 Å². The second-order valence-corrected chi connectivity index (χ2v) is 11.9. The molecule has 2 saturated heterocycles. The van der Waals surface area contributed by atoms with E-state index in [2.05, 4.69) is 15.2 Å². The Morgan fingerprint density at radius 2 is 1.82 bits per heavy atom. The molecule has 3 heterocycles. The van der Waals surface area contributed by atoms with Crippen molar-refractivity contribution in [2.24, 2.45) is 0 Å². The minimum absolute atomic E-state index is 0.0143. The van der Waals surface area contributed by atoms with E-state index in [1.165, 1.54) is 19.2 Å². The summed E-state index contributed by atoms with van der Waals surface area (Å²) in [7, 11) is 1.40. The summed E-state index contributed by atoms with van der Waals surface area (Å²) in [5, 5.41) is 3.65. The number of nitrogens with zero attached hydrogens (tertiary/aromatic N) is 4. The second kappa shape index (κ2) is 10.6. The van der Waals surface area contributed by atoms with Crippen LogP contribution in [0.25, 0.3) is 22.0 Å². The quantitative estimate of drug-likeness (QED) is 0.425. The molecule has 0 unspecified atom stereocenters. The lowest BCUT2D eigenvalue weighted by Gasteiger charge is -2.45. The van der Waals surface area contributed by atoms with Gasteiger partial charge in [0.15, 0.2) is 5.82 Å². The molecule has 8 nitrogen and oxygen atoms in total. The van der Waals surface area contributed by atoms with Crippen LogP contribution in [0.4, 0.5) is 19.4 Å². The van der Waals surface area contributed by atoms with Crippen molar-refractivity contribution in [2.75, 3.05) is 38.2 Å². The number of aromatic nitrogens is 2. The fourth-order valence-electron chi connectivity index (χ4n) is 5.21. The van der Waals surface area contributed by atoms with Gasteiger partial charge in [-0.25, -0.2) is 23.5 Å². The van der Waals surface area contributed by atoms with Crippen LogP contribution in [0.15, 0.2) is 24.3 Å². The third kappa shape index (κ3) is 5.14. The summed E-state index contributed by atoms with van der Waals surface area (Å²) in [5.74, 6) is -0.181. The Labute approximate surface area is 237 Å². The molecule has 40 heavy (non-hydrogen) atoms. The Hall–Kier alpha value is -3.24. The lowest BCUT2D eigenvalue weighted by atomic mass is 9.98. The molecule has 5 rings (SSSR count). The van der Waals surface area contributed by atoms with E-state index in [0.717, 1.165) is 0 Å². The van der Waals surface area contributed by atoms with Gasteiger partial charge in [0.05, 0.1) is 17.7 Å². The summed E-state index contributed by atoms with van der Waals surface area (Å²) in [5.41, 5.74) is -0.721. The number of carbonyl (C=O) groups excluding carboxylic acids is 1. The number of amides is 1. The molecule has 2 aliphatic heterocycles. The Bertz CT molecular complexity index is 1460. The van der Waals surface area contributed by atoms with E-state index in [9.17, 15) is 4.79 Å². The molecule has 1 N–H and O–H groups in total. The molecule has 0 saturated carbocycles. The van der Waals surface area contributed by atoms with E-state index < -0.39 is 17.2 Å². The molecule has 0 bridgehead atoms. The van der Waals surface area contributed by atoms with Gasteiger partial charge in [-0.15, -0.1) is 0 Å². The Kier molecular flexibility index (Phi) is 7.52. The number of halogens is 3. The zero-order chi connectivity index (χ0) is 28.9. The highest BCUT2D eigenvalue weighted by Crippen LogP contribution is 2.43. The molecule has 214 valence electrons. The van der Waals surface area contributed by atoms with E-state index in [1.807, 2.05) is 34.6 Å². The van der Waals surface area contributed by atoms with Crippen molar-refractivity contribution in [3.05, 3.63) is 46.7 Å². The molecule has 2 atom stereocenters. The van der Waals surface area contributed by atoms with Crippen molar-refractivity contribution in [3.8, 4) is 16.9 Å². The first-order chi connectivity index (χ1) is 18.9. The first-order valence-corrected chi connectivity index (χ1v) is 13.8. The van der Waals surface area contributed by atoms with Gasteiger partial charge < -0.3 is 24.6 Å². The van der Waals surface area contributed by atoms with E-state index in [1.54, 1.807) is 17.0 Å². The van der Waals surface area contributed by atoms with Gasteiger partial charge in [-0.3, -0.25) is 0 Å². The lowest BCUT2D eigenvalue weighted by molar-refractivity contribution is 0.0130. The fourth-order valence-corrected chi connectivity index (χ4v) is 5.50. The standard InChI is InChI=1S/C29H34ClF2N5O3/c1-15-14-37(28(38)40-29(3,4)5)16(2)13-36(15)27-18-10-19(30)22(23-20(31)8-7-9-21(23)39-6)24(32)25(18)34-26(35-27)17-11-33-12-17/h7-10,15-17,33H,11-14H2,1-6H3/t15-,16+/m0/s1. The molecule has 0 aliphatic carbocycles. The minimum Gasteiger partial charge on any atom is -0.496 e. The van der Waals surface area contributed by atoms with Crippen molar-refractivity contribution in [3.63, 3.8) is 0 Å². The van der Waals surface area contributed by atoms with Crippen LogP contribution in [0.3, 0.4) is 0 Å². The molecule has 3 aromatic rings. The number of rotatable bonds is 4. The molecule has 0 radical (unpaired) electrons. The van der Waals surface area contributed by atoms with Gasteiger partial charge in [0.1, 0.15) is 34.3 Å². The molecule has 2 aromatic carbocycles. The number of anilines is 1. The first-order valence-electron chi connectivity index (χ1n) is 13.4. The van der Waals surface area contributed by atoms with Gasteiger partial charge in [-0.1, -0.05) is 17.7 Å². The molecule has 2 aliphatic rings. The zero-order valence-electron chi connectivity index (χ0n) is 23.5. The van der Waals surface area contributed by atoms with Crippen LogP contribution in [-0.2, 0) is 4.74 Å². The maximum atomic E-state index is 16.4. The average molecular weight is 574 g/mol. The van der Waals surface area contributed by atoms with Crippen molar-refractivity contribution in [1.82, 2.24) is 20.2 Å². The predicted molar refractivity (Wildman–Crippen MR) is 151 cm³/mol. The number of hydrogen-bond acceptors (Lipinski definition) is 7. The highest BCUT2D eigenvalue weighted by Gasteiger charge is 2.37. The fraction of sp³-hybridized carbons (Fsp3) is 0.483. The second-order valence-electron chi connectivity index (χ2n) is 11.5. The lowest BCUT2D eigenvalue weighted by Crippen LogP contribution is -2.59. The minimum atomic E-state index is -0.740. The van der Waals surface area contributed by atoms with Crippen LogP contribution < -0.4 is 15.0 Å². The highest BCUT2D eigenvalue weighted by atomic mass is 35.5. The number of benzene rings is 2. The van der Waals surface area contributed by atoms with Gasteiger partial charge in [0.2, 0.25) is 0 Å². The summed E-state index contributed by atoms with van der Waals surface area (Å²) in [6.07, 6.45) is -0.377. The maximum Gasteiger partial charge on any atom is 0.410 e. The molecule has 2 fully saturated rings. The van der Waals surface area contributed by atoms with Crippen molar-refractivity contribution in [1.29, 1.82) is 0 Å². The summed E-state index contributed by atoms with van der Waals surface area (Å²) >= 11 is 6.67. The molecule has 1 amide bonds. The maximum absolute atomic E-state index is 16.4. The molecular formula is C29H34ClF2N5O3. The monoisotopic (exact) mass is 573 g/mol. The Morgan fingerprint density at radius 3 is 2.45 bits per heavy atom. The third-order valence-electron chi connectivity index (χ3n) is 7.36. The number of ether oxygens (including phenoxy) is 2. The number of carbonyl (C=O) groups is 1. The van der Waals surface area contributed by atoms with Crippen molar-refractivity contribution < 1.29 is 23.0 Å². The number of hydrogen-bond donors (Lipinski definition) is 1. The van der Waals surface area contributed by atoms with Crippen LogP contribution in [0, 0.1) is 11.6 Å².